The summed E-state index contributed by atoms with van der Waals surface area (Å²) >= 11 is 0. The van der Waals surface area contributed by atoms with Crippen LogP contribution >= 0.6 is 0 Å². The fraction of sp³-hybridized carbons (Fsp3) is 0.312. The van der Waals surface area contributed by atoms with Crippen molar-refractivity contribution in [2.75, 3.05) is 26.7 Å². The Morgan fingerprint density at radius 2 is 2.00 bits per heavy atom. The molecule has 1 saturated heterocycles. The van der Waals surface area contributed by atoms with Crippen LogP contribution in [-0.2, 0) is 10.0 Å². The van der Waals surface area contributed by atoms with Gasteiger partial charge < -0.3 is 9.97 Å². The number of H-pyrrole nitrogens is 3. The third-order valence-corrected chi connectivity index (χ3v) is 6.66. The summed E-state index contributed by atoms with van der Waals surface area (Å²) in [5.41, 5.74) is -0.976. The van der Waals surface area contributed by atoms with E-state index >= 15 is 0 Å². The smallest absolute Gasteiger partial charge is 0.326 e. The molecule has 1 aromatic carbocycles. The lowest BCUT2D eigenvalue weighted by molar-refractivity contribution is 0.142. The number of nitrogens with one attached hydrogen (secondary N) is 3. The predicted molar refractivity (Wildman–Crippen MR) is 97.9 cm³/mol. The second kappa shape index (κ2) is 6.44. The molecule has 0 amide bonds. The van der Waals surface area contributed by atoms with E-state index in [2.05, 4.69) is 19.9 Å². The van der Waals surface area contributed by atoms with Gasteiger partial charge in [-0.15, -0.1) is 0 Å². The van der Waals surface area contributed by atoms with Crippen molar-refractivity contribution in [1.82, 2.24) is 29.1 Å². The molecule has 0 saturated carbocycles. The summed E-state index contributed by atoms with van der Waals surface area (Å²) in [5.74, 6) is 0.699. The van der Waals surface area contributed by atoms with E-state index in [1.807, 2.05) is 11.9 Å². The Morgan fingerprint density at radius 3 is 2.74 bits per heavy atom. The molecule has 1 aliphatic rings. The second-order valence-corrected chi connectivity index (χ2v) is 8.39. The van der Waals surface area contributed by atoms with Gasteiger partial charge in [0.05, 0.1) is 21.8 Å². The summed E-state index contributed by atoms with van der Waals surface area (Å²) in [6.07, 6.45) is 3.33. The molecule has 1 atom stereocenters. The molecule has 10 nitrogen and oxygen atoms in total. The van der Waals surface area contributed by atoms with Gasteiger partial charge in [-0.1, -0.05) is 0 Å². The van der Waals surface area contributed by atoms with Gasteiger partial charge in [-0.05, 0) is 25.2 Å². The maximum absolute atomic E-state index is 13.1. The van der Waals surface area contributed by atoms with E-state index in [0.29, 0.717) is 18.9 Å². The maximum atomic E-state index is 13.1. The van der Waals surface area contributed by atoms with Crippen LogP contribution in [0, 0.1) is 0 Å². The van der Waals surface area contributed by atoms with Crippen LogP contribution in [0.15, 0.2) is 45.1 Å². The van der Waals surface area contributed by atoms with Gasteiger partial charge in [0.25, 0.3) is 5.56 Å². The number of hydrogen-bond acceptors (Lipinski definition) is 6. The monoisotopic (exact) mass is 390 g/mol. The number of imidazole rings is 1. The lowest BCUT2D eigenvalue weighted by Crippen LogP contribution is -2.49. The minimum atomic E-state index is -3.81. The van der Waals surface area contributed by atoms with Crippen molar-refractivity contribution in [3.05, 3.63) is 57.3 Å². The molecule has 142 valence electrons. The molecule has 0 spiro atoms. The predicted octanol–water partition coefficient (Wildman–Crippen LogP) is -0.383. The molecule has 3 heterocycles. The van der Waals surface area contributed by atoms with Crippen molar-refractivity contribution in [3.8, 4) is 0 Å². The molecular formula is C16H18N6O4S. The summed E-state index contributed by atoms with van der Waals surface area (Å²) in [7, 11) is -1.89. The molecule has 1 fully saturated rings. The molecule has 0 bridgehead atoms. The largest absolute Gasteiger partial charge is 0.347 e. The molecule has 1 aliphatic heterocycles. The topological polar surface area (TPSA) is 135 Å². The third-order valence-electron chi connectivity index (χ3n) is 4.79. The minimum absolute atomic E-state index is 0.00953. The summed E-state index contributed by atoms with van der Waals surface area (Å²) in [6.45, 7) is 1.12. The molecule has 0 aliphatic carbocycles. The van der Waals surface area contributed by atoms with Crippen LogP contribution < -0.4 is 11.2 Å². The van der Waals surface area contributed by atoms with Gasteiger partial charge in [-0.3, -0.25) is 14.7 Å². The Balaban J connectivity index is 1.72. The highest BCUT2D eigenvalue weighted by Crippen LogP contribution is 2.26. The molecule has 2 aromatic heterocycles. The van der Waals surface area contributed by atoms with Crippen molar-refractivity contribution < 1.29 is 8.42 Å². The summed E-state index contributed by atoms with van der Waals surface area (Å²) in [5, 5.41) is 0.118. The summed E-state index contributed by atoms with van der Waals surface area (Å²) < 4.78 is 27.6. The van der Waals surface area contributed by atoms with E-state index in [1.165, 1.54) is 22.5 Å². The molecule has 0 radical (unpaired) electrons. The van der Waals surface area contributed by atoms with Crippen LogP contribution in [0.1, 0.15) is 11.9 Å². The minimum Gasteiger partial charge on any atom is -0.347 e. The fourth-order valence-electron chi connectivity index (χ4n) is 3.28. The lowest BCUT2D eigenvalue weighted by Gasteiger charge is -2.37. The van der Waals surface area contributed by atoms with Crippen LogP contribution in [0.25, 0.3) is 10.9 Å². The van der Waals surface area contributed by atoms with Crippen LogP contribution in [-0.4, -0.2) is 64.2 Å². The lowest BCUT2D eigenvalue weighted by atomic mass is 10.2. The molecule has 11 heteroatoms. The molecule has 4 rings (SSSR count). The van der Waals surface area contributed by atoms with E-state index in [1.54, 1.807) is 12.4 Å². The number of sulfonamides is 1. The number of piperazine rings is 1. The van der Waals surface area contributed by atoms with E-state index in [0.717, 1.165) is 0 Å². The number of aromatic nitrogens is 4. The summed E-state index contributed by atoms with van der Waals surface area (Å²) in [4.78, 5) is 37.3. The van der Waals surface area contributed by atoms with E-state index in [4.69, 9.17) is 0 Å². The first-order valence-corrected chi connectivity index (χ1v) is 9.76. The van der Waals surface area contributed by atoms with E-state index in [9.17, 15) is 18.0 Å². The Morgan fingerprint density at radius 1 is 1.19 bits per heavy atom. The van der Waals surface area contributed by atoms with Gasteiger partial charge in [0.1, 0.15) is 5.82 Å². The van der Waals surface area contributed by atoms with Crippen molar-refractivity contribution in [1.29, 1.82) is 0 Å². The standard InChI is InChI=1S/C16H18N6O4S/c1-21-6-7-22(9-13(21)14-17-4-5-18-14)27(25,26)10-2-3-12-11(8-10)15(23)20-16(24)19-12/h2-5,8,13H,6-7,9H2,1H3,(H,17,18)(H2,19,20,23,24)/t13-/m0/s1. The van der Waals surface area contributed by atoms with Crippen LogP contribution in [0.2, 0.25) is 0 Å². The highest BCUT2D eigenvalue weighted by Gasteiger charge is 2.34. The van der Waals surface area contributed by atoms with Crippen LogP contribution in [0.4, 0.5) is 0 Å². The van der Waals surface area contributed by atoms with Crippen molar-refractivity contribution in [2.45, 2.75) is 10.9 Å². The number of likely N-dealkylation sites (N-methyl/N-ethyl adjacent to an activating group) is 1. The van der Waals surface area contributed by atoms with Crippen LogP contribution in [0.5, 0.6) is 0 Å². The zero-order valence-electron chi connectivity index (χ0n) is 14.5. The first kappa shape index (κ1) is 17.6. The first-order valence-electron chi connectivity index (χ1n) is 8.32. The van der Waals surface area contributed by atoms with E-state index in [-0.39, 0.29) is 28.4 Å². The van der Waals surface area contributed by atoms with Gasteiger partial charge in [0, 0.05) is 32.0 Å². The average molecular weight is 390 g/mol. The van der Waals surface area contributed by atoms with Crippen LogP contribution in [0.3, 0.4) is 0 Å². The highest BCUT2D eigenvalue weighted by molar-refractivity contribution is 7.89. The number of fused-ring (bicyclic) bond motifs is 1. The van der Waals surface area contributed by atoms with Crippen molar-refractivity contribution >= 4 is 20.9 Å². The SMILES string of the molecule is CN1CCN(S(=O)(=O)c2ccc3[nH]c(=O)[nH]c(=O)c3c2)C[C@H]1c1ncc[nH]1. The van der Waals surface area contributed by atoms with Crippen molar-refractivity contribution in [2.24, 2.45) is 0 Å². The number of hydrogen-bond donors (Lipinski definition) is 3. The number of aromatic amines is 3. The fourth-order valence-corrected chi connectivity index (χ4v) is 4.74. The zero-order valence-corrected chi connectivity index (χ0v) is 15.3. The first-order chi connectivity index (χ1) is 12.9. The second-order valence-electron chi connectivity index (χ2n) is 6.45. The maximum Gasteiger partial charge on any atom is 0.326 e. The Bertz CT molecular complexity index is 1200. The number of rotatable bonds is 3. The average Bonchev–Trinajstić information content (AvgIpc) is 3.16. The normalized spacial score (nSPS) is 19.5. The molecule has 27 heavy (non-hydrogen) atoms. The summed E-state index contributed by atoms with van der Waals surface area (Å²) in [6, 6.07) is 3.93. The zero-order chi connectivity index (χ0) is 19.2. The molecule has 3 aromatic rings. The Hall–Kier alpha value is -2.76. The molecular weight excluding hydrogens is 372 g/mol. The van der Waals surface area contributed by atoms with E-state index < -0.39 is 21.3 Å². The van der Waals surface area contributed by atoms with Gasteiger partial charge >= 0.3 is 5.69 Å². The Kier molecular flexibility index (Phi) is 4.21. The Labute approximate surface area is 153 Å². The molecule has 0 unspecified atom stereocenters. The number of nitrogens with zero attached hydrogens (tertiary/aromatic N) is 3. The quantitative estimate of drug-likeness (QED) is 0.558. The van der Waals surface area contributed by atoms with Gasteiger partial charge in [-0.25, -0.2) is 18.2 Å². The molecule has 3 N–H and O–H groups in total. The van der Waals surface area contributed by atoms with Gasteiger partial charge in [0.15, 0.2) is 0 Å². The third kappa shape index (κ3) is 3.09. The number of benzene rings is 1. The highest BCUT2D eigenvalue weighted by atomic mass is 32.2. The van der Waals surface area contributed by atoms with Gasteiger partial charge in [-0.2, -0.15) is 4.31 Å². The van der Waals surface area contributed by atoms with Crippen molar-refractivity contribution in [3.63, 3.8) is 0 Å². The van der Waals surface area contributed by atoms with Gasteiger partial charge in [0.2, 0.25) is 10.0 Å².